The van der Waals surface area contributed by atoms with Crippen molar-refractivity contribution in [2.75, 3.05) is 13.1 Å². The first-order valence-electron chi connectivity index (χ1n) is 11.6. The molecule has 0 fully saturated rings. The maximum Gasteiger partial charge on any atom is 0.490 e. The third-order valence-electron chi connectivity index (χ3n) is 5.24. The number of fused-ring (bicyclic) bond motifs is 1. The van der Waals surface area contributed by atoms with Crippen molar-refractivity contribution in [1.29, 1.82) is 0 Å². The van der Waals surface area contributed by atoms with Gasteiger partial charge in [-0.25, -0.2) is 9.59 Å². The summed E-state index contributed by atoms with van der Waals surface area (Å²) in [4.78, 5) is 40.8. The average molecular weight is 590 g/mol. The molecular formula is C24H24F6N6O5. The van der Waals surface area contributed by atoms with Gasteiger partial charge in [-0.3, -0.25) is 24.3 Å². The van der Waals surface area contributed by atoms with E-state index in [0.29, 0.717) is 12.1 Å². The standard InChI is InChI=1S/C20H22N6O.2C2HF3O2/c27-20(16-4-3-8-21-12-16)23-10-6-18-14-25(13-17-5-1-2-9-22-17)15-19-7-11-24-26(18)19;2*3-2(4,5)1(6)7/h1-5,7-9,11-12,18H,6,10,13-15H2,(H,23,27);2*(H,6,7). The van der Waals surface area contributed by atoms with Crippen molar-refractivity contribution in [2.45, 2.75) is 37.9 Å². The first kappa shape index (κ1) is 32.7. The first-order chi connectivity index (χ1) is 19.2. The number of amides is 1. The Bertz CT molecular complexity index is 1250. The van der Waals surface area contributed by atoms with Gasteiger partial charge in [0.15, 0.2) is 0 Å². The van der Waals surface area contributed by atoms with Crippen molar-refractivity contribution in [3.8, 4) is 0 Å². The molecule has 0 radical (unpaired) electrons. The highest BCUT2D eigenvalue weighted by Crippen LogP contribution is 2.23. The smallest absolute Gasteiger partial charge is 0.475 e. The van der Waals surface area contributed by atoms with E-state index in [-0.39, 0.29) is 11.9 Å². The molecular weight excluding hydrogens is 566 g/mol. The summed E-state index contributed by atoms with van der Waals surface area (Å²) in [6.07, 6.45) is -2.43. The summed E-state index contributed by atoms with van der Waals surface area (Å²) in [6, 6.07) is 11.8. The van der Waals surface area contributed by atoms with Crippen LogP contribution in [0.1, 0.15) is 34.2 Å². The summed E-state index contributed by atoms with van der Waals surface area (Å²) in [5.74, 6) is -5.61. The maximum atomic E-state index is 12.2. The summed E-state index contributed by atoms with van der Waals surface area (Å²) in [6.45, 7) is 3.14. The molecule has 0 saturated heterocycles. The van der Waals surface area contributed by atoms with Gasteiger partial charge in [0.2, 0.25) is 0 Å². The number of hydrogen-bond acceptors (Lipinski definition) is 7. The molecule has 0 bridgehead atoms. The summed E-state index contributed by atoms with van der Waals surface area (Å²) >= 11 is 0. The van der Waals surface area contributed by atoms with Crippen LogP contribution in [0.5, 0.6) is 0 Å². The quantitative estimate of drug-likeness (QED) is 0.368. The van der Waals surface area contributed by atoms with Gasteiger partial charge in [-0.15, -0.1) is 0 Å². The summed E-state index contributed by atoms with van der Waals surface area (Å²) in [7, 11) is 0. The minimum Gasteiger partial charge on any atom is -0.475 e. The van der Waals surface area contributed by atoms with Crippen LogP contribution in [0.2, 0.25) is 0 Å². The van der Waals surface area contributed by atoms with Crippen molar-refractivity contribution < 1.29 is 50.9 Å². The third kappa shape index (κ3) is 11.2. The van der Waals surface area contributed by atoms with Crippen LogP contribution in [0.4, 0.5) is 26.3 Å². The number of aliphatic carboxylic acids is 2. The number of nitrogens with one attached hydrogen (secondary N) is 1. The average Bonchev–Trinajstić information content (AvgIpc) is 3.38. The molecule has 1 unspecified atom stereocenters. The second kappa shape index (κ2) is 14.7. The molecule has 41 heavy (non-hydrogen) atoms. The van der Waals surface area contributed by atoms with Gasteiger partial charge in [0.1, 0.15) is 0 Å². The van der Waals surface area contributed by atoms with Crippen LogP contribution in [-0.2, 0) is 22.7 Å². The van der Waals surface area contributed by atoms with E-state index in [4.69, 9.17) is 19.8 Å². The van der Waals surface area contributed by atoms with Crippen molar-refractivity contribution in [2.24, 2.45) is 0 Å². The van der Waals surface area contributed by atoms with E-state index in [9.17, 15) is 31.1 Å². The Balaban J connectivity index is 0.000000349. The zero-order valence-electron chi connectivity index (χ0n) is 21.0. The van der Waals surface area contributed by atoms with Gasteiger partial charge in [-0.05, 0) is 36.8 Å². The largest absolute Gasteiger partial charge is 0.490 e. The lowest BCUT2D eigenvalue weighted by molar-refractivity contribution is -0.193. The Kier molecular flexibility index (Phi) is 11.7. The van der Waals surface area contributed by atoms with E-state index >= 15 is 0 Å². The molecule has 3 aromatic rings. The number of carboxylic acid groups (broad SMARTS) is 2. The molecule has 3 N–H and O–H groups in total. The number of rotatable bonds is 6. The first-order valence-corrected chi connectivity index (χ1v) is 11.6. The normalized spacial score (nSPS) is 14.8. The predicted octanol–water partition coefficient (Wildman–Crippen LogP) is 3.32. The Morgan fingerprint density at radius 3 is 2.12 bits per heavy atom. The Hall–Kier alpha value is -4.54. The van der Waals surface area contributed by atoms with Gasteiger partial charge < -0.3 is 15.5 Å². The highest BCUT2D eigenvalue weighted by atomic mass is 19.4. The minimum atomic E-state index is -5.08. The van der Waals surface area contributed by atoms with Gasteiger partial charge >= 0.3 is 24.3 Å². The van der Waals surface area contributed by atoms with E-state index < -0.39 is 24.3 Å². The van der Waals surface area contributed by atoms with Crippen molar-refractivity contribution in [1.82, 2.24) is 30.0 Å². The van der Waals surface area contributed by atoms with Gasteiger partial charge in [0.25, 0.3) is 5.91 Å². The summed E-state index contributed by atoms with van der Waals surface area (Å²) < 4.78 is 65.6. The molecule has 1 aliphatic heterocycles. The fourth-order valence-corrected chi connectivity index (χ4v) is 3.47. The SMILES string of the molecule is O=C(NCCC1CN(Cc2ccccn2)Cc2ccnn21)c1cccnc1.O=C(O)C(F)(F)F.O=C(O)C(F)(F)F. The van der Waals surface area contributed by atoms with Crippen LogP contribution in [-0.4, -0.2) is 78.1 Å². The fourth-order valence-electron chi connectivity index (χ4n) is 3.47. The van der Waals surface area contributed by atoms with Gasteiger partial charge in [-0.1, -0.05) is 6.07 Å². The highest BCUT2D eigenvalue weighted by molar-refractivity contribution is 5.93. The molecule has 0 aromatic carbocycles. The van der Waals surface area contributed by atoms with Crippen LogP contribution in [0.3, 0.4) is 0 Å². The lowest BCUT2D eigenvalue weighted by Gasteiger charge is -2.33. The number of pyridine rings is 2. The third-order valence-corrected chi connectivity index (χ3v) is 5.24. The molecule has 11 nitrogen and oxygen atoms in total. The molecule has 4 rings (SSSR count). The van der Waals surface area contributed by atoms with Crippen molar-refractivity contribution in [3.63, 3.8) is 0 Å². The Morgan fingerprint density at radius 1 is 0.927 bits per heavy atom. The predicted molar refractivity (Wildman–Crippen MR) is 128 cm³/mol. The molecule has 17 heteroatoms. The van der Waals surface area contributed by atoms with Crippen LogP contribution in [0.15, 0.2) is 61.2 Å². The Labute approximate surface area is 228 Å². The maximum absolute atomic E-state index is 12.2. The van der Waals surface area contributed by atoms with Crippen LogP contribution in [0, 0.1) is 0 Å². The van der Waals surface area contributed by atoms with Crippen LogP contribution in [0.25, 0.3) is 0 Å². The van der Waals surface area contributed by atoms with E-state index in [1.165, 1.54) is 5.69 Å². The van der Waals surface area contributed by atoms with E-state index in [1.54, 1.807) is 24.5 Å². The lowest BCUT2D eigenvalue weighted by Crippen LogP contribution is -2.39. The van der Waals surface area contributed by atoms with E-state index in [2.05, 4.69) is 42.1 Å². The molecule has 0 spiro atoms. The van der Waals surface area contributed by atoms with Gasteiger partial charge in [-0.2, -0.15) is 31.4 Å². The second-order valence-electron chi connectivity index (χ2n) is 8.30. The number of carbonyl (C=O) groups is 3. The van der Waals surface area contributed by atoms with Crippen molar-refractivity contribution >= 4 is 17.8 Å². The number of aromatic nitrogens is 4. The number of alkyl halides is 6. The van der Waals surface area contributed by atoms with E-state index in [1.807, 2.05) is 24.5 Å². The lowest BCUT2D eigenvalue weighted by atomic mass is 10.1. The van der Waals surface area contributed by atoms with E-state index in [0.717, 1.165) is 31.7 Å². The monoisotopic (exact) mass is 590 g/mol. The highest BCUT2D eigenvalue weighted by Gasteiger charge is 2.38. The van der Waals surface area contributed by atoms with Crippen LogP contribution < -0.4 is 5.32 Å². The van der Waals surface area contributed by atoms with Crippen LogP contribution >= 0.6 is 0 Å². The molecule has 0 aliphatic carbocycles. The molecule has 1 aliphatic rings. The topological polar surface area (TPSA) is 151 Å². The molecule has 1 atom stereocenters. The van der Waals surface area contributed by atoms with Crippen molar-refractivity contribution in [3.05, 3.63) is 78.1 Å². The molecule has 1 amide bonds. The zero-order chi connectivity index (χ0) is 30.6. The second-order valence-corrected chi connectivity index (χ2v) is 8.30. The molecule has 222 valence electrons. The number of nitrogens with zero attached hydrogens (tertiary/aromatic N) is 5. The van der Waals surface area contributed by atoms with Gasteiger partial charge in [0, 0.05) is 51.0 Å². The number of hydrogen-bond donors (Lipinski definition) is 3. The zero-order valence-corrected chi connectivity index (χ0v) is 21.0. The Morgan fingerprint density at radius 2 is 1.59 bits per heavy atom. The number of carbonyl (C=O) groups excluding carboxylic acids is 1. The van der Waals surface area contributed by atoms with Gasteiger partial charge in [0.05, 0.1) is 23.0 Å². The molecule has 4 heterocycles. The molecule has 3 aromatic heterocycles. The fraction of sp³-hybridized carbons (Fsp3) is 0.333. The summed E-state index contributed by atoms with van der Waals surface area (Å²) in [5.41, 5.74) is 2.84. The minimum absolute atomic E-state index is 0.0926. The summed E-state index contributed by atoms with van der Waals surface area (Å²) in [5, 5.41) is 21.7. The number of carboxylic acids is 2. The molecule has 0 saturated carbocycles. The number of halogens is 6.